The van der Waals surface area contributed by atoms with E-state index in [4.69, 9.17) is 15.9 Å². The number of fused-ring (bicyclic) bond motifs is 1. The molecule has 0 unspecified atom stereocenters. The SMILES string of the molecule is C#CCn1c(=NC(=O)CCCS(=O)(=O)Cc2ccccc2)sc2c(OC)ccc(OC)c21. The molecule has 3 rings (SSSR count). The first-order valence-corrected chi connectivity index (χ1v) is 12.5. The number of terminal acetylenes is 1. The highest BCUT2D eigenvalue weighted by Gasteiger charge is 2.17. The van der Waals surface area contributed by atoms with Crippen LogP contribution in [0.4, 0.5) is 0 Å². The van der Waals surface area contributed by atoms with Crippen LogP contribution in [-0.4, -0.2) is 38.9 Å². The Morgan fingerprint density at radius 3 is 2.47 bits per heavy atom. The molecule has 1 amide bonds. The predicted octanol–water partition coefficient (Wildman–Crippen LogP) is 3.18. The zero-order chi connectivity index (χ0) is 23.1. The van der Waals surface area contributed by atoms with Crippen molar-refractivity contribution >= 4 is 37.3 Å². The van der Waals surface area contributed by atoms with Crippen LogP contribution < -0.4 is 14.3 Å². The molecule has 7 nitrogen and oxygen atoms in total. The van der Waals surface area contributed by atoms with Gasteiger partial charge in [-0.1, -0.05) is 47.6 Å². The van der Waals surface area contributed by atoms with Crippen molar-refractivity contribution in [3.8, 4) is 23.8 Å². The van der Waals surface area contributed by atoms with Crippen molar-refractivity contribution in [2.24, 2.45) is 4.99 Å². The zero-order valence-electron chi connectivity index (χ0n) is 17.9. The van der Waals surface area contributed by atoms with Crippen molar-refractivity contribution < 1.29 is 22.7 Å². The van der Waals surface area contributed by atoms with Gasteiger partial charge in [-0.3, -0.25) is 4.79 Å². The predicted molar refractivity (Wildman–Crippen MR) is 125 cm³/mol. The Kier molecular flexibility index (Phi) is 7.72. The van der Waals surface area contributed by atoms with Crippen molar-refractivity contribution in [1.29, 1.82) is 0 Å². The van der Waals surface area contributed by atoms with Crippen LogP contribution in [0.5, 0.6) is 11.5 Å². The zero-order valence-corrected chi connectivity index (χ0v) is 19.5. The molecule has 0 N–H and O–H groups in total. The van der Waals surface area contributed by atoms with Gasteiger partial charge in [0.25, 0.3) is 0 Å². The van der Waals surface area contributed by atoms with Gasteiger partial charge in [0.05, 0.1) is 32.3 Å². The van der Waals surface area contributed by atoms with E-state index >= 15 is 0 Å². The molecule has 0 spiro atoms. The van der Waals surface area contributed by atoms with Crippen molar-refractivity contribution in [3.63, 3.8) is 0 Å². The highest BCUT2D eigenvalue weighted by molar-refractivity contribution is 7.90. The van der Waals surface area contributed by atoms with E-state index in [0.29, 0.717) is 21.8 Å². The summed E-state index contributed by atoms with van der Waals surface area (Å²) in [7, 11) is -0.202. The van der Waals surface area contributed by atoms with Crippen molar-refractivity contribution in [1.82, 2.24) is 4.57 Å². The molecule has 0 saturated carbocycles. The number of carbonyl (C=O) groups is 1. The van der Waals surface area contributed by atoms with E-state index in [1.807, 2.05) is 6.07 Å². The number of sulfone groups is 1. The van der Waals surface area contributed by atoms with E-state index in [0.717, 1.165) is 10.3 Å². The maximum atomic E-state index is 12.5. The van der Waals surface area contributed by atoms with E-state index in [-0.39, 0.29) is 30.9 Å². The monoisotopic (exact) mass is 472 g/mol. The molecular formula is C23H24N2O5S2. The molecule has 1 aromatic heterocycles. The molecule has 168 valence electrons. The van der Waals surface area contributed by atoms with Crippen molar-refractivity contribution in [2.75, 3.05) is 20.0 Å². The summed E-state index contributed by atoms with van der Waals surface area (Å²) in [5, 5.41) is 0. The van der Waals surface area contributed by atoms with Crippen LogP contribution in [0.25, 0.3) is 10.2 Å². The van der Waals surface area contributed by atoms with Gasteiger partial charge >= 0.3 is 0 Å². The number of ether oxygens (including phenoxy) is 2. The van der Waals surface area contributed by atoms with Crippen LogP contribution in [0, 0.1) is 12.3 Å². The maximum absolute atomic E-state index is 12.5. The van der Waals surface area contributed by atoms with E-state index in [2.05, 4.69) is 10.9 Å². The first-order chi connectivity index (χ1) is 15.4. The average molecular weight is 473 g/mol. The van der Waals surface area contributed by atoms with Gasteiger partial charge in [0.15, 0.2) is 14.6 Å². The second-order valence-corrected chi connectivity index (χ2v) is 10.2. The van der Waals surface area contributed by atoms with Crippen molar-refractivity contribution in [2.45, 2.75) is 25.1 Å². The largest absolute Gasteiger partial charge is 0.495 e. The van der Waals surface area contributed by atoms with E-state index in [1.165, 1.54) is 11.3 Å². The standard InChI is InChI=1S/C23H24N2O5S2/c1-4-14-25-21-18(29-2)12-13-19(30-3)22(21)31-23(25)24-20(26)11-8-15-32(27,28)16-17-9-6-5-7-10-17/h1,5-7,9-10,12-13H,8,11,14-16H2,2-3H3. The molecule has 0 aliphatic rings. The number of amides is 1. The van der Waals surface area contributed by atoms with Crippen LogP contribution in [0.15, 0.2) is 47.5 Å². The van der Waals surface area contributed by atoms with Crippen molar-refractivity contribution in [3.05, 3.63) is 52.8 Å². The molecule has 0 aliphatic heterocycles. The summed E-state index contributed by atoms with van der Waals surface area (Å²) in [5.74, 6) is 3.25. The van der Waals surface area contributed by atoms with Gasteiger partial charge in [0.1, 0.15) is 21.7 Å². The fraction of sp³-hybridized carbons (Fsp3) is 0.304. The lowest BCUT2D eigenvalue weighted by molar-refractivity contribution is -0.118. The minimum atomic E-state index is -3.31. The summed E-state index contributed by atoms with van der Waals surface area (Å²) in [4.78, 5) is 17.1. The quantitative estimate of drug-likeness (QED) is 0.447. The summed E-state index contributed by atoms with van der Waals surface area (Å²) in [5.41, 5.74) is 1.43. The summed E-state index contributed by atoms with van der Waals surface area (Å²) in [6.07, 6.45) is 5.75. The number of carbonyl (C=O) groups excluding carboxylic acids is 1. The van der Waals surface area contributed by atoms with E-state index in [1.54, 1.807) is 55.2 Å². The number of hydrogen-bond acceptors (Lipinski definition) is 6. The van der Waals surface area contributed by atoms with Crippen LogP contribution in [0.1, 0.15) is 18.4 Å². The molecule has 0 aliphatic carbocycles. The molecule has 0 radical (unpaired) electrons. The molecule has 2 aromatic carbocycles. The lowest BCUT2D eigenvalue weighted by Crippen LogP contribution is -2.17. The maximum Gasteiger partial charge on any atom is 0.248 e. The minimum absolute atomic E-state index is 0.0204. The lowest BCUT2D eigenvalue weighted by atomic mass is 10.2. The van der Waals surface area contributed by atoms with E-state index < -0.39 is 15.7 Å². The van der Waals surface area contributed by atoms with Gasteiger partial charge < -0.3 is 14.0 Å². The number of aromatic nitrogens is 1. The van der Waals surface area contributed by atoms with Crippen LogP contribution in [-0.2, 0) is 26.9 Å². The molecule has 3 aromatic rings. The van der Waals surface area contributed by atoms with Crippen LogP contribution in [0.3, 0.4) is 0 Å². The van der Waals surface area contributed by atoms with Gasteiger partial charge in [0, 0.05) is 6.42 Å². The Hall–Kier alpha value is -3.09. The Morgan fingerprint density at radius 2 is 1.81 bits per heavy atom. The topological polar surface area (TPSA) is 87.0 Å². The molecule has 9 heteroatoms. The highest BCUT2D eigenvalue weighted by atomic mass is 32.2. The molecule has 0 fully saturated rings. The van der Waals surface area contributed by atoms with E-state index in [9.17, 15) is 13.2 Å². The fourth-order valence-corrected chi connectivity index (χ4v) is 5.87. The number of hydrogen-bond donors (Lipinski definition) is 0. The Labute approximate surface area is 191 Å². The number of thiazole rings is 1. The normalized spacial score (nSPS) is 12.0. The van der Waals surface area contributed by atoms with Gasteiger partial charge in [-0.15, -0.1) is 6.42 Å². The second kappa shape index (κ2) is 10.5. The summed E-state index contributed by atoms with van der Waals surface area (Å²) in [6.45, 7) is 0.196. The minimum Gasteiger partial charge on any atom is -0.495 e. The Balaban J connectivity index is 1.80. The summed E-state index contributed by atoms with van der Waals surface area (Å²) >= 11 is 1.27. The third-order valence-corrected chi connectivity index (χ3v) is 7.51. The lowest BCUT2D eigenvalue weighted by Gasteiger charge is -2.08. The molecular weight excluding hydrogens is 448 g/mol. The molecule has 32 heavy (non-hydrogen) atoms. The first kappa shape index (κ1) is 23.6. The summed E-state index contributed by atoms with van der Waals surface area (Å²) < 4.78 is 38.1. The van der Waals surface area contributed by atoms with Gasteiger partial charge in [-0.2, -0.15) is 4.99 Å². The molecule has 1 heterocycles. The smallest absolute Gasteiger partial charge is 0.248 e. The van der Waals surface area contributed by atoms with Crippen LogP contribution in [0.2, 0.25) is 0 Å². The third-order valence-electron chi connectivity index (χ3n) is 4.74. The molecule has 0 atom stereocenters. The van der Waals surface area contributed by atoms with Crippen LogP contribution >= 0.6 is 11.3 Å². The first-order valence-electron chi connectivity index (χ1n) is 9.88. The molecule has 0 saturated heterocycles. The number of methoxy groups -OCH3 is 2. The highest BCUT2D eigenvalue weighted by Crippen LogP contribution is 2.35. The fourth-order valence-electron chi connectivity index (χ4n) is 3.28. The number of benzene rings is 2. The van der Waals surface area contributed by atoms with Gasteiger partial charge in [0.2, 0.25) is 5.91 Å². The molecule has 0 bridgehead atoms. The third kappa shape index (κ3) is 5.58. The number of rotatable bonds is 9. The average Bonchev–Trinajstić information content (AvgIpc) is 3.11. The Bertz CT molecular complexity index is 1320. The second-order valence-electron chi connectivity index (χ2n) is 7.01. The summed E-state index contributed by atoms with van der Waals surface area (Å²) in [6, 6.07) is 12.5. The van der Waals surface area contributed by atoms with Gasteiger partial charge in [-0.25, -0.2) is 8.42 Å². The Morgan fingerprint density at radius 1 is 1.12 bits per heavy atom. The van der Waals surface area contributed by atoms with Gasteiger partial charge in [-0.05, 0) is 24.1 Å². The number of nitrogens with zero attached hydrogens (tertiary/aromatic N) is 2.